The summed E-state index contributed by atoms with van der Waals surface area (Å²) in [5.41, 5.74) is -1.97. The quantitative estimate of drug-likeness (QED) is 0.0745. The first-order valence-corrected chi connectivity index (χ1v) is 15.8. The van der Waals surface area contributed by atoms with E-state index >= 15 is 0 Å². The number of fused-ring (bicyclic) bond motifs is 1. The molecule has 0 aliphatic rings. The van der Waals surface area contributed by atoms with Gasteiger partial charge in [-0.25, -0.2) is 9.18 Å². The summed E-state index contributed by atoms with van der Waals surface area (Å²) in [6.07, 6.45) is 1.76. The monoisotopic (exact) mass is 750 g/mol. The van der Waals surface area contributed by atoms with E-state index in [0.29, 0.717) is 39.0 Å². The van der Waals surface area contributed by atoms with Gasteiger partial charge in [-0.05, 0) is 71.4 Å². The van der Waals surface area contributed by atoms with Crippen LogP contribution in [0.25, 0.3) is 10.9 Å². The van der Waals surface area contributed by atoms with E-state index in [2.05, 4.69) is 16.0 Å². The van der Waals surface area contributed by atoms with Crippen molar-refractivity contribution in [1.29, 1.82) is 0 Å². The Labute approximate surface area is 298 Å². The van der Waals surface area contributed by atoms with Crippen LogP contribution in [0.4, 0.5) is 33.7 Å². The largest absolute Gasteiger partial charge is 0.490 e. The number of carbonyl (C=O) groups is 3. The van der Waals surface area contributed by atoms with Gasteiger partial charge in [-0.1, -0.05) is 41.9 Å². The van der Waals surface area contributed by atoms with Crippen molar-refractivity contribution in [2.24, 2.45) is 0 Å². The number of nitrogens with zero attached hydrogens (tertiary/aromatic N) is 1. The van der Waals surface area contributed by atoms with Crippen LogP contribution in [0, 0.1) is 5.82 Å². The molecule has 4 N–H and O–H groups in total. The van der Waals surface area contributed by atoms with Crippen LogP contribution in [0.2, 0.25) is 5.02 Å². The van der Waals surface area contributed by atoms with Crippen LogP contribution in [0.1, 0.15) is 21.5 Å². The Bertz CT molecular complexity index is 2010. The number of aromatic nitrogens is 1. The minimum Gasteiger partial charge on any atom is -0.490 e. The molecule has 0 aliphatic carbocycles. The second kappa shape index (κ2) is 16.8. The highest BCUT2D eigenvalue weighted by atomic mass is 35.5. The van der Waals surface area contributed by atoms with Gasteiger partial charge in [0.2, 0.25) is 0 Å². The number of nitrogens with one attached hydrogen (secondary N) is 3. The van der Waals surface area contributed by atoms with Crippen LogP contribution in [-0.2, 0) is 17.8 Å². The van der Waals surface area contributed by atoms with Crippen LogP contribution in [-0.4, -0.2) is 46.2 Å². The molecule has 0 saturated carbocycles. The number of carbonyl (C=O) groups excluding carboxylic acids is 2. The van der Waals surface area contributed by atoms with E-state index in [1.165, 1.54) is 35.0 Å². The molecule has 4 aromatic carbocycles. The van der Waals surface area contributed by atoms with Crippen LogP contribution in [0.3, 0.4) is 0 Å². The molecule has 1 heterocycles. The average molecular weight is 752 g/mol. The second-order valence-corrected chi connectivity index (χ2v) is 12.1. The third kappa shape index (κ3) is 10.1. The van der Waals surface area contributed by atoms with E-state index in [0.717, 1.165) is 6.07 Å². The fraction of sp³-hybridized carbons (Fsp3) is 0.147. The van der Waals surface area contributed by atoms with E-state index in [1.807, 2.05) is 0 Å². The highest BCUT2D eigenvalue weighted by molar-refractivity contribution is 8.00. The van der Waals surface area contributed by atoms with Crippen molar-refractivity contribution in [2.75, 3.05) is 23.8 Å². The summed E-state index contributed by atoms with van der Waals surface area (Å²) >= 11 is 6.02. The predicted molar refractivity (Wildman–Crippen MR) is 186 cm³/mol. The number of rotatable bonds is 12. The SMILES string of the molecule is Cl.O=C(O)CNCc1ccccc1C(=O)n1cc(NC(=O)Nc2ccc(OCCc3ccc(SC(F)(F)F)cc3)c(F)c2)c2cc(Cl)ccc21. The number of carboxylic acids is 1. The lowest BCUT2D eigenvalue weighted by Gasteiger charge is -2.11. The minimum atomic E-state index is -4.38. The maximum Gasteiger partial charge on any atom is 0.446 e. The van der Waals surface area contributed by atoms with Crippen molar-refractivity contribution < 1.29 is 41.8 Å². The molecule has 5 rings (SSSR count). The smallest absolute Gasteiger partial charge is 0.446 e. The van der Waals surface area contributed by atoms with Crippen molar-refractivity contribution in [3.63, 3.8) is 0 Å². The van der Waals surface area contributed by atoms with Gasteiger partial charge in [0.1, 0.15) is 0 Å². The molecule has 0 saturated heterocycles. The topological polar surface area (TPSA) is 122 Å². The summed E-state index contributed by atoms with van der Waals surface area (Å²) in [6, 6.07) is 20.4. The Morgan fingerprint density at radius 2 is 1.68 bits per heavy atom. The molecule has 5 aromatic rings. The van der Waals surface area contributed by atoms with Crippen LogP contribution < -0.4 is 20.7 Å². The van der Waals surface area contributed by atoms with Crippen molar-refractivity contribution in [2.45, 2.75) is 23.4 Å². The Balaban J connectivity index is 0.00000562. The Hall–Kier alpha value is -4.76. The number of halogens is 6. The Kier molecular flexibility index (Phi) is 12.8. The first-order chi connectivity index (χ1) is 23.4. The lowest BCUT2D eigenvalue weighted by Crippen LogP contribution is -2.23. The summed E-state index contributed by atoms with van der Waals surface area (Å²) in [6.45, 7) is -0.0941. The highest BCUT2D eigenvalue weighted by Gasteiger charge is 2.29. The predicted octanol–water partition coefficient (Wildman–Crippen LogP) is 8.60. The average Bonchev–Trinajstić information content (AvgIpc) is 3.38. The third-order valence-electron chi connectivity index (χ3n) is 7.07. The van der Waals surface area contributed by atoms with Gasteiger partial charge in [0.25, 0.3) is 5.91 Å². The van der Waals surface area contributed by atoms with Crippen molar-refractivity contribution >= 4 is 76.0 Å². The number of aliphatic carboxylic acids is 1. The van der Waals surface area contributed by atoms with Gasteiger partial charge in [0.15, 0.2) is 11.6 Å². The van der Waals surface area contributed by atoms with Crippen LogP contribution in [0.15, 0.2) is 96.0 Å². The fourth-order valence-electron chi connectivity index (χ4n) is 4.90. The fourth-order valence-corrected chi connectivity index (χ4v) is 5.62. The molecule has 0 bridgehead atoms. The van der Waals surface area contributed by atoms with Crippen LogP contribution in [0.5, 0.6) is 5.75 Å². The van der Waals surface area contributed by atoms with E-state index in [4.69, 9.17) is 21.4 Å². The molecule has 0 aliphatic heterocycles. The third-order valence-corrected chi connectivity index (χ3v) is 8.04. The number of anilines is 2. The lowest BCUT2D eigenvalue weighted by molar-refractivity contribution is -0.136. The summed E-state index contributed by atoms with van der Waals surface area (Å²) in [5, 5.41) is 17.7. The lowest BCUT2D eigenvalue weighted by atomic mass is 10.1. The molecule has 9 nitrogen and oxygen atoms in total. The number of amides is 2. The van der Waals surface area contributed by atoms with Gasteiger partial charge in [0.05, 0.1) is 24.4 Å². The van der Waals surface area contributed by atoms with E-state index < -0.39 is 29.2 Å². The van der Waals surface area contributed by atoms with Crippen molar-refractivity contribution in [3.8, 4) is 5.75 Å². The van der Waals surface area contributed by atoms with E-state index in [-0.39, 0.29) is 65.9 Å². The molecule has 1 aromatic heterocycles. The van der Waals surface area contributed by atoms with Crippen LogP contribution >= 0.6 is 35.8 Å². The summed E-state index contributed by atoms with van der Waals surface area (Å²) in [4.78, 5) is 37.7. The van der Waals surface area contributed by atoms with Crippen molar-refractivity contribution in [1.82, 2.24) is 9.88 Å². The summed E-state index contributed by atoms with van der Waals surface area (Å²) < 4.78 is 59.2. The molecule has 262 valence electrons. The molecule has 16 heteroatoms. The zero-order valence-corrected chi connectivity index (χ0v) is 28.1. The first kappa shape index (κ1) is 38.0. The number of hydrogen-bond acceptors (Lipinski definition) is 6. The summed E-state index contributed by atoms with van der Waals surface area (Å²) in [5.74, 6) is -2.29. The second-order valence-electron chi connectivity index (χ2n) is 10.5. The first-order valence-electron chi connectivity index (χ1n) is 14.6. The zero-order valence-electron chi connectivity index (χ0n) is 25.7. The molecule has 0 atom stereocenters. The number of hydrogen-bond donors (Lipinski definition) is 4. The molecular weight excluding hydrogens is 723 g/mol. The van der Waals surface area contributed by atoms with Crippen molar-refractivity contribution in [3.05, 3.63) is 119 Å². The van der Waals surface area contributed by atoms with E-state index in [1.54, 1.807) is 54.6 Å². The maximum absolute atomic E-state index is 14.8. The molecule has 0 unspecified atom stereocenters. The van der Waals surface area contributed by atoms with E-state index in [9.17, 15) is 31.9 Å². The molecule has 0 fully saturated rings. The number of carboxylic acid groups (broad SMARTS) is 1. The maximum atomic E-state index is 14.8. The number of urea groups is 1. The number of ether oxygens (including phenoxy) is 1. The van der Waals surface area contributed by atoms with Gasteiger partial charge >= 0.3 is 17.5 Å². The molecule has 0 radical (unpaired) electrons. The van der Waals surface area contributed by atoms with Gasteiger partial charge in [0, 0.05) is 51.8 Å². The summed E-state index contributed by atoms with van der Waals surface area (Å²) in [7, 11) is 0. The number of alkyl halides is 3. The molecule has 2 amide bonds. The standard InChI is InChI=1S/C34H27ClF4N4O5S.ClH/c35-22-7-11-29-26(15-22)28(19-43(29)32(46)25-4-2-1-3-21(25)17-40-18-31(44)45)42-33(47)41-23-8-12-30(27(36)16-23)48-14-13-20-5-9-24(10-6-20)49-34(37,38)39;/h1-12,15-16,19,40H,13-14,17-18H2,(H,44,45)(H2,41,42,47);1H. The minimum absolute atomic E-state index is 0. The molecule has 50 heavy (non-hydrogen) atoms. The normalized spacial score (nSPS) is 11.1. The number of benzene rings is 4. The van der Waals surface area contributed by atoms with Gasteiger partial charge in [-0.3, -0.25) is 14.2 Å². The number of thioether (sulfide) groups is 1. The zero-order chi connectivity index (χ0) is 35.1. The highest BCUT2D eigenvalue weighted by Crippen LogP contribution is 2.37. The Morgan fingerprint density at radius 1 is 0.940 bits per heavy atom. The Morgan fingerprint density at radius 3 is 2.38 bits per heavy atom. The van der Waals surface area contributed by atoms with Gasteiger partial charge in [-0.15, -0.1) is 12.4 Å². The van der Waals surface area contributed by atoms with Gasteiger partial charge < -0.3 is 25.8 Å². The molecule has 0 spiro atoms. The molecular formula is C34H28Cl2F4N4O5S. The van der Waals surface area contributed by atoms with Gasteiger partial charge in [-0.2, -0.15) is 13.2 Å².